The second-order valence-electron chi connectivity index (χ2n) is 5.03. The molecule has 102 valence electrons. The molecule has 0 atom stereocenters. The van der Waals surface area contributed by atoms with Crippen LogP contribution in [-0.2, 0) is 11.3 Å². The quantitative estimate of drug-likeness (QED) is 0.813. The number of hydrogen-bond acceptors (Lipinski definition) is 4. The van der Waals surface area contributed by atoms with Crippen molar-refractivity contribution < 1.29 is 13.9 Å². The molecule has 0 bridgehead atoms. The van der Waals surface area contributed by atoms with E-state index in [4.69, 9.17) is 14.7 Å². The molecule has 1 saturated heterocycles. The van der Waals surface area contributed by atoms with Gasteiger partial charge in [-0.15, -0.1) is 0 Å². The van der Waals surface area contributed by atoms with Crippen LogP contribution in [0.1, 0.15) is 5.56 Å². The molecule has 1 aromatic rings. The van der Waals surface area contributed by atoms with Crippen LogP contribution in [0.4, 0.5) is 4.39 Å². The Bertz CT molecular complexity index is 495. The highest BCUT2D eigenvalue weighted by molar-refractivity contribution is 5.29. The molecule has 0 saturated carbocycles. The van der Waals surface area contributed by atoms with Gasteiger partial charge >= 0.3 is 0 Å². The predicted molar refractivity (Wildman–Crippen MR) is 68.2 cm³/mol. The van der Waals surface area contributed by atoms with Crippen LogP contribution < -0.4 is 4.74 Å². The zero-order valence-corrected chi connectivity index (χ0v) is 11.1. The van der Waals surface area contributed by atoms with E-state index < -0.39 is 5.41 Å². The summed E-state index contributed by atoms with van der Waals surface area (Å²) in [6, 6.07) is 7.21. The van der Waals surface area contributed by atoms with Gasteiger partial charge in [0, 0.05) is 13.1 Å². The highest BCUT2D eigenvalue weighted by atomic mass is 19.1. The van der Waals surface area contributed by atoms with Gasteiger partial charge in [0.2, 0.25) is 0 Å². The van der Waals surface area contributed by atoms with Crippen molar-refractivity contribution in [3.8, 4) is 11.8 Å². The maximum absolute atomic E-state index is 13.6. The summed E-state index contributed by atoms with van der Waals surface area (Å²) in [5, 5.41) is 9.13. The van der Waals surface area contributed by atoms with Gasteiger partial charge in [0.15, 0.2) is 11.6 Å². The van der Waals surface area contributed by atoms with Crippen molar-refractivity contribution >= 4 is 0 Å². The van der Waals surface area contributed by atoms with Crippen LogP contribution in [0, 0.1) is 22.6 Å². The van der Waals surface area contributed by atoms with Crippen molar-refractivity contribution in [2.24, 2.45) is 5.41 Å². The molecule has 1 fully saturated rings. The Morgan fingerprint density at radius 2 is 2.26 bits per heavy atom. The topological polar surface area (TPSA) is 45.5 Å². The average Bonchev–Trinajstić information content (AvgIpc) is 2.34. The second-order valence-corrected chi connectivity index (χ2v) is 5.03. The van der Waals surface area contributed by atoms with Crippen LogP contribution in [0.2, 0.25) is 0 Å². The molecule has 0 unspecified atom stereocenters. The minimum atomic E-state index is -0.403. The number of hydrogen-bond donors (Lipinski definition) is 0. The molecular formula is C14H17FN2O2. The Morgan fingerprint density at radius 1 is 1.53 bits per heavy atom. The Balaban J connectivity index is 1.97. The first-order chi connectivity index (χ1) is 9.08. The van der Waals surface area contributed by atoms with E-state index in [9.17, 15) is 4.39 Å². The number of nitrogens with zero attached hydrogens (tertiary/aromatic N) is 2. The standard InChI is InChI=1S/C14H17FN2O2/c1-17(8-14(7-16)9-19-10-14)6-11-3-4-13(18-2)12(15)5-11/h3-5H,6,8-10H2,1-2H3. The van der Waals surface area contributed by atoms with Crippen molar-refractivity contribution in [1.29, 1.82) is 5.26 Å². The number of ether oxygens (including phenoxy) is 2. The van der Waals surface area contributed by atoms with Crippen LogP contribution in [0.5, 0.6) is 5.75 Å². The summed E-state index contributed by atoms with van der Waals surface area (Å²) in [5.41, 5.74) is 0.453. The lowest BCUT2D eigenvalue weighted by molar-refractivity contribution is -0.0895. The Kier molecular flexibility index (Phi) is 4.03. The SMILES string of the molecule is COc1ccc(CN(C)CC2(C#N)COC2)cc1F. The van der Waals surface area contributed by atoms with Crippen LogP contribution in [0.25, 0.3) is 0 Å². The summed E-state index contributed by atoms with van der Waals surface area (Å²) in [6.07, 6.45) is 0. The Hall–Kier alpha value is -1.64. The summed E-state index contributed by atoms with van der Waals surface area (Å²) in [4.78, 5) is 2.01. The van der Waals surface area contributed by atoms with Crippen molar-refractivity contribution in [3.05, 3.63) is 29.6 Å². The zero-order chi connectivity index (χ0) is 13.9. The maximum atomic E-state index is 13.6. The normalized spacial score (nSPS) is 16.8. The molecule has 0 amide bonds. The van der Waals surface area contributed by atoms with Crippen molar-refractivity contribution in [2.45, 2.75) is 6.54 Å². The van der Waals surface area contributed by atoms with E-state index in [0.29, 0.717) is 26.3 Å². The van der Waals surface area contributed by atoms with Crippen molar-refractivity contribution in [2.75, 3.05) is 33.9 Å². The lowest BCUT2D eigenvalue weighted by atomic mass is 9.87. The van der Waals surface area contributed by atoms with Crippen LogP contribution in [-0.4, -0.2) is 38.8 Å². The van der Waals surface area contributed by atoms with E-state index in [1.54, 1.807) is 6.07 Å². The van der Waals surface area contributed by atoms with Gasteiger partial charge < -0.3 is 14.4 Å². The van der Waals surface area contributed by atoms with Crippen molar-refractivity contribution in [1.82, 2.24) is 4.90 Å². The van der Waals surface area contributed by atoms with Gasteiger partial charge in [-0.1, -0.05) is 6.07 Å². The number of nitriles is 1. The molecule has 4 nitrogen and oxygen atoms in total. The minimum Gasteiger partial charge on any atom is -0.494 e. The molecule has 0 N–H and O–H groups in total. The molecule has 0 spiro atoms. The fraction of sp³-hybridized carbons (Fsp3) is 0.500. The molecular weight excluding hydrogens is 247 g/mol. The third-order valence-corrected chi connectivity index (χ3v) is 3.24. The lowest BCUT2D eigenvalue weighted by Gasteiger charge is -2.38. The molecule has 0 radical (unpaired) electrons. The fourth-order valence-corrected chi connectivity index (χ4v) is 2.23. The molecule has 1 aromatic carbocycles. The van der Waals surface area contributed by atoms with Gasteiger partial charge in [-0.25, -0.2) is 4.39 Å². The molecule has 1 aliphatic heterocycles. The van der Waals surface area contributed by atoms with Gasteiger partial charge in [0.05, 0.1) is 26.4 Å². The lowest BCUT2D eigenvalue weighted by Crippen LogP contribution is -2.48. The minimum absolute atomic E-state index is 0.243. The number of halogens is 1. The molecule has 19 heavy (non-hydrogen) atoms. The van der Waals surface area contributed by atoms with E-state index in [1.807, 2.05) is 18.0 Å². The first-order valence-corrected chi connectivity index (χ1v) is 6.08. The van der Waals surface area contributed by atoms with E-state index >= 15 is 0 Å². The largest absolute Gasteiger partial charge is 0.494 e. The zero-order valence-electron chi connectivity index (χ0n) is 11.1. The molecule has 1 heterocycles. The predicted octanol–water partition coefficient (Wildman–Crippen LogP) is 1.81. The monoisotopic (exact) mass is 264 g/mol. The smallest absolute Gasteiger partial charge is 0.165 e. The number of rotatable bonds is 5. The van der Waals surface area contributed by atoms with E-state index in [-0.39, 0.29) is 11.6 Å². The first-order valence-electron chi connectivity index (χ1n) is 6.08. The van der Waals surface area contributed by atoms with Crippen LogP contribution >= 0.6 is 0 Å². The van der Waals surface area contributed by atoms with Crippen molar-refractivity contribution in [3.63, 3.8) is 0 Å². The molecule has 2 rings (SSSR count). The van der Waals surface area contributed by atoms with Crippen LogP contribution in [0.3, 0.4) is 0 Å². The van der Waals surface area contributed by atoms with E-state index in [2.05, 4.69) is 6.07 Å². The number of benzene rings is 1. The van der Waals surface area contributed by atoms with E-state index in [0.717, 1.165) is 5.56 Å². The summed E-state index contributed by atoms with van der Waals surface area (Å²) in [5.74, 6) is -0.123. The van der Waals surface area contributed by atoms with E-state index in [1.165, 1.54) is 13.2 Å². The Labute approximate surface area is 112 Å². The first kappa shape index (κ1) is 13.8. The Morgan fingerprint density at radius 3 is 2.74 bits per heavy atom. The molecule has 5 heteroatoms. The average molecular weight is 264 g/mol. The van der Waals surface area contributed by atoms with Gasteiger partial charge in [-0.05, 0) is 24.7 Å². The molecule has 0 aromatic heterocycles. The fourth-order valence-electron chi connectivity index (χ4n) is 2.23. The summed E-state index contributed by atoms with van der Waals surface area (Å²) in [6.45, 7) is 2.16. The van der Waals surface area contributed by atoms with Gasteiger partial charge in [0.25, 0.3) is 0 Å². The maximum Gasteiger partial charge on any atom is 0.165 e. The third kappa shape index (κ3) is 3.03. The summed E-state index contributed by atoms with van der Waals surface area (Å²) in [7, 11) is 3.36. The van der Waals surface area contributed by atoms with Crippen LogP contribution in [0.15, 0.2) is 18.2 Å². The highest BCUT2D eigenvalue weighted by Gasteiger charge is 2.39. The third-order valence-electron chi connectivity index (χ3n) is 3.24. The second kappa shape index (κ2) is 5.55. The highest BCUT2D eigenvalue weighted by Crippen LogP contribution is 2.28. The van der Waals surface area contributed by atoms with Gasteiger partial charge in [-0.2, -0.15) is 5.26 Å². The summed E-state index contributed by atoms with van der Waals surface area (Å²) < 4.78 is 23.6. The number of methoxy groups -OCH3 is 1. The molecule has 1 aliphatic rings. The molecule has 0 aliphatic carbocycles. The van der Waals surface area contributed by atoms with Gasteiger partial charge in [0.1, 0.15) is 5.41 Å². The van der Waals surface area contributed by atoms with Gasteiger partial charge in [-0.3, -0.25) is 0 Å². The summed E-state index contributed by atoms with van der Waals surface area (Å²) >= 11 is 0.